The van der Waals surface area contributed by atoms with Crippen molar-refractivity contribution in [3.63, 3.8) is 0 Å². The van der Waals surface area contributed by atoms with Gasteiger partial charge in [0.1, 0.15) is 11.2 Å². The Balaban J connectivity index is 1.25. The van der Waals surface area contributed by atoms with Crippen LogP contribution in [0.25, 0.3) is 44.2 Å². The molecule has 9 rings (SSSR count). The van der Waals surface area contributed by atoms with E-state index in [2.05, 4.69) is 144 Å². The van der Waals surface area contributed by atoms with Crippen LogP contribution in [0.15, 0.2) is 184 Å². The van der Waals surface area contributed by atoms with Gasteiger partial charge in [-0.2, -0.15) is 0 Å². The molecule has 0 atom stereocenters. The number of furan rings is 1. The number of anilines is 3. The second-order valence-corrected chi connectivity index (χ2v) is 12.3. The molecule has 0 fully saturated rings. The van der Waals surface area contributed by atoms with E-state index < -0.39 is 0 Å². The summed E-state index contributed by atoms with van der Waals surface area (Å²) in [6.45, 7) is 0.513. The molecule has 8 bridgehead atoms. The van der Waals surface area contributed by atoms with E-state index in [9.17, 15) is 0 Å². The maximum Gasteiger partial charge on any atom is 0.154 e. The molecule has 232 valence electrons. The molecule has 0 N–H and O–H groups in total. The second-order valence-electron chi connectivity index (χ2n) is 12.3. The van der Waals surface area contributed by atoms with Gasteiger partial charge in [0.05, 0.1) is 6.54 Å². The topological polar surface area (TPSA) is 41.1 Å². The van der Waals surface area contributed by atoms with Crippen molar-refractivity contribution in [1.29, 1.82) is 0 Å². The third-order valence-electron chi connectivity index (χ3n) is 9.09. The molecule has 1 aliphatic heterocycles. The van der Waals surface area contributed by atoms with Crippen molar-refractivity contribution in [3.8, 4) is 22.3 Å². The summed E-state index contributed by atoms with van der Waals surface area (Å²) in [7, 11) is 0. The van der Waals surface area contributed by atoms with Gasteiger partial charge in [-0.05, 0) is 94.0 Å². The molecular weight excluding hydrogens is 599 g/mol. The van der Waals surface area contributed by atoms with E-state index in [0.29, 0.717) is 12.4 Å². The fraction of sp³-hybridized carbons (Fsp3) is 0.0222. The number of rotatable bonds is 2. The molecule has 1 aromatic heterocycles. The summed E-state index contributed by atoms with van der Waals surface area (Å²) in [5.74, 6) is 0.698. The van der Waals surface area contributed by atoms with Crippen molar-refractivity contribution in [2.75, 3.05) is 4.90 Å². The van der Waals surface area contributed by atoms with Crippen LogP contribution in [0.1, 0.15) is 16.7 Å². The predicted octanol–water partition coefficient (Wildman–Crippen LogP) is 11.8. The van der Waals surface area contributed by atoms with Gasteiger partial charge in [-0.1, -0.05) is 109 Å². The van der Waals surface area contributed by atoms with Crippen LogP contribution in [0.3, 0.4) is 0 Å². The first-order valence-electron chi connectivity index (χ1n) is 16.5. The molecule has 2 heterocycles. The molecule has 4 nitrogen and oxygen atoms in total. The number of hydrogen-bond acceptors (Lipinski definition) is 4. The van der Waals surface area contributed by atoms with Crippen molar-refractivity contribution in [3.05, 3.63) is 187 Å². The highest BCUT2D eigenvalue weighted by molar-refractivity contribution is 6.07. The van der Waals surface area contributed by atoms with E-state index in [4.69, 9.17) is 14.4 Å². The lowest BCUT2D eigenvalue weighted by molar-refractivity contribution is 0.669. The lowest BCUT2D eigenvalue weighted by atomic mass is 10.00. The molecule has 0 saturated heterocycles. The van der Waals surface area contributed by atoms with Crippen molar-refractivity contribution in [1.82, 2.24) is 0 Å². The average Bonchev–Trinajstić information content (AvgIpc) is 3.54. The molecule has 0 spiro atoms. The van der Waals surface area contributed by atoms with Gasteiger partial charge in [-0.3, -0.25) is 4.99 Å². The standard InChI is InChI=1S/C45H31N3O/c1-2-10-31(11-3-1)29-46-45-37-17-7-14-34(25-37)36-16-9-19-39(27-36)48(40-22-23-44-42(28-40)41-20-4-5-21-43(41)49-44)38-18-8-15-35(26-38)33-13-6-12-32(24-33)30-47-45/h1-29H,30H2. The first-order valence-corrected chi connectivity index (χ1v) is 16.5. The SMILES string of the molecule is C(=NC1=NCc2cccc(c2)-c2cccc(c2)N(c2ccc3oc4ccccc4c3c2)c2cccc(c2)-c2cccc1c2)c1ccccc1. The first kappa shape index (κ1) is 28.7. The summed E-state index contributed by atoms with van der Waals surface area (Å²) in [6.07, 6.45) is 1.89. The molecule has 0 aliphatic carbocycles. The molecular formula is C45H31N3O. The first-order chi connectivity index (χ1) is 24.2. The second kappa shape index (κ2) is 12.3. The van der Waals surface area contributed by atoms with Crippen molar-refractivity contribution in [2.24, 2.45) is 9.98 Å². The van der Waals surface area contributed by atoms with Crippen molar-refractivity contribution in [2.45, 2.75) is 6.54 Å². The third kappa shape index (κ3) is 5.60. The zero-order chi connectivity index (χ0) is 32.6. The lowest BCUT2D eigenvalue weighted by Gasteiger charge is -2.27. The molecule has 7 aromatic carbocycles. The smallest absolute Gasteiger partial charge is 0.154 e. The Labute approximate surface area is 285 Å². The van der Waals surface area contributed by atoms with Crippen LogP contribution in [0.5, 0.6) is 0 Å². The van der Waals surface area contributed by atoms with Gasteiger partial charge >= 0.3 is 0 Å². The van der Waals surface area contributed by atoms with Crippen LogP contribution in [0.4, 0.5) is 17.1 Å². The Hall–Kier alpha value is -6.52. The van der Waals surface area contributed by atoms with Gasteiger partial charge in [0.15, 0.2) is 5.84 Å². The Kier molecular flexibility index (Phi) is 7.17. The Morgan fingerprint density at radius 3 is 1.90 bits per heavy atom. The maximum absolute atomic E-state index is 6.20. The Morgan fingerprint density at radius 1 is 0.490 bits per heavy atom. The van der Waals surface area contributed by atoms with Crippen molar-refractivity contribution >= 4 is 51.1 Å². The Bertz CT molecular complexity index is 2540. The van der Waals surface area contributed by atoms with E-state index in [1.165, 1.54) is 0 Å². The lowest BCUT2D eigenvalue weighted by Crippen LogP contribution is -2.10. The van der Waals surface area contributed by atoms with Crippen LogP contribution >= 0.6 is 0 Å². The predicted molar refractivity (Wildman–Crippen MR) is 204 cm³/mol. The number of fused-ring (bicyclic) bond motifs is 13. The number of para-hydroxylation sites is 1. The number of nitrogens with zero attached hydrogens (tertiary/aromatic N) is 3. The minimum absolute atomic E-state index is 0.513. The highest BCUT2D eigenvalue weighted by Gasteiger charge is 2.17. The third-order valence-corrected chi connectivity index (χ3v) is 9.09. The van der Waals surface area contributed by atoms with E-state index in [0.717, 1.165) is 77.9 Å². The fourth-order valence-electron chi connectivity index (χ4n) is 6.68. The highest BCUT2D eigenvalue weighted by Crippen LogP contribution is 2.41. The zero-order valence-electron chi connectivity index (χ0n) is 26.7. The Morgan fingerprint density at radius 2 is 1.10 bits per heavy atom. The largest absolute Gasteiger partial charge is 0.456 e. The summed E-state index contributed by atoms with van der Waals surface area (Å²) in [5, 5.41) is 2.20. The van der Waals surface area contributed by atoms with Gasteiger partial charge in [-0.25, -0.2) is 4.99 Å². The van der Waals surface area contributed by atoms with Gasteiger partial charge in [-0.15, -0.1) is 0 Å². The van der Waals surface area contributed by atoms with E-state index in [-0.39, 0.29) is 0 Å². The average molecular weight is 630 g/mol. The number of aliphatic imine (C=N–C) groups is 2. The molecule has 0 amide bonds. The number of amidine groups is 1. The monoisotopic (exact) mass is 629 g/mol. The number of benzene rings is 7. The molecule has 0 radical (unpaired) electrons. The van der Waals surface area contributed by atoms with Gasteiger partial charge in [0.2, 0.25) is 0 Å². The zero-order valence-corrected chi connectivity index (χ0v) is 26.7. The van der Waals surface area contributed by atoms with Gasteiger partial charge < -0.3 is 9.32 Å². The van der Waals surface area contributed by atoms with E-state index in [1.54, 1.807) is 0 Å². The van der Waals surface area contributed by atoms with Crippen LogP contribution < -0.4 is 4.90 Å². The summed E-state index contributed by atoms with van der Waals surface area (Å²) >= 11 is 0. The fourth-order valence-corrected chi connectivity index (χ4v) is 6.68. The molecule has 0 saturated carbocycles. The van der Waals surface area contributed by atoms with Crippen LogP contribution in [-0.2, 0) is 6.54 Å². The minimum Gasteiger partial charge on any atom is -0.456 e. The summed E-state index contributed by atoms with van der Waals surface area (Å²) in [6, 6.07) is 59.6. The minimum atomic E-state index is 0.513. The molecule has 8 aromatic rings. The summed E-state index contributed by atoms with van der Waals surface area (Å²) in [5.41, 5.74) is 12.6. The normalized spacial score (nSPS) is 12.8. The van der Waals surface area contributed by atoms with E-state index in [1.807, 2.05) is 36.5 Å². The maximum atomic E-state index is 6.20. The number of hydrogen-bond donors (Lipinski definition) is 0. The van der Waals surface area contributed by atoms with Crippen molar-refractivity contribution < 1.29 is 4.42 Å². The van der Waals surface area contributed by atoms with Crippen LogP contribution in [0, 0.1) is 0 Å². The summed E-state index contributed by atoms with van der Waals surface area (Å²) < 4.78 is 6.20. The molecule has 4 heteroatoms. The van der Waals surface area contributed by atoms with Gasteiger partial charge in [0, 0.05) is 39.6 Å². The van der Waals surface area contributed by atoms with Gasteiger partial charge in [0.25, 0.3) is 0 Å². The molecule has 49 heavy (non-hydrogen) atoms. The van der Waals surface area contributed by atoms with Crippen LogP contribution in [-0.4, -0.2) is 12.1 Å². The quantitative estimate of drug-likeness (QED) is 0.179. The molecule has 1 aliphatic rings. The highest BCUT2D eigenvalue weighted by atomic mass is 16.3. The van der Waals surface area contributed by atoms with Crippen LogP contribution in [0.2, 0.25) is 0 Å². The summed E-state index contributed by atoms with van der Waals surface area (Å²) in [4.78, 5) is 12.3. The van der Waals surface area contributed by atoms with E-state index >= 15 is 0 Å². The molecule has 0 unspecified atom stereocenters.